The van der Waals surface area contributed by atoms with E-state index >= 15 is 0 Å². The Morgan fingerprint density at radius 3 is 2.75 bits per heavy atom. The highest BCUT2D eigenvalue weighted by molar-refractivity contribution is 7.99. The SMILES string of the molecule is O=C(CSc1nc2c(c(-c3ccc(Cl)cc3)n1)CCCC2)NCc1ccco1. The zero-order valence-electron chi connectivity index (χ0n) is 15.3. The Kier molecular flexibility index (Phi) is 5.98. The van der Waals surface area contributed by atoms with Crippen LogP contribution in [0.5, 0.6) is 0 Å². The summed E-state index contributed by atoms with van der Waals surface area (Å²) in [4.78, 5) is 21.7. The largest absolute Gasteiger partial charge is 0.467 e. The molecule has 0 unspecified atom stereocenters. The number of carbonyl (C=O) groups excluding carboxylic acids is 1. The number of nitrogens with one attached hydrogen (secondary N) is 1. The molecule has 1 N–H and O–H groups in total. The molecule has 5 nitrogen and oxygen atoms in total. The zero-order chi connectivity index (χ0) is 19.3. The predicted molar refractivity (Wildman–Crippen MR) is 110 cm³/mol. The topological polar surface area (TPSA) is 68.0 Å². The van der Waals surface area contributed by atoms with E-state index < -0.39 is 0 Å². The first-order valence-corrected chi connectivity index (χ1v) is 10.6. The van der Waals surface area contributed by atoms with E-state index in [4.69, 9.17) is 26.0 Å². The molecule has 0 saturated carbocycles. The molecule has 1 aromatic carbocycles. The second kappa shape index (κ2) is 8.80. The normalized spacial score (nSPS) is 13.2. The number of halogens is 1. The third kappa shape index (κ3) is 4.56. The van der Waals surface area contributed by atoms with Gasteiger partial charge in [-0.25, -0.2) is 9.97 Å². The van der Waals surface area contributed by atoms with Crippen molar-refractivity contribution in [3.63, 3.8) is 0 Å². The Labute approximate surface area is 172 Å². The number of fused-ring (bicyclic) bond motifs is 1. The van der Waals surface area contributed by atoms with Crippen molar-refractivity contribution in [2.24, 2.45) is 0 Å². The molecule has 1 amide bonds. The monoisotopic (exact) mass is 413 g/mol. The number of furan rings is 1. The predicted octanol–water partition coefficient (Wildman–Crippen LogP) is 4.68. The summed E-state index contributed by atoms with van der Waals surface area (Å²) in [6.07, 6.45) is 5.82. The van der Waals surface area contributed by atoms with E-state index in [9.17, 15) is 4.79 Å². The van der Waals surface area contributed by atoms with Crippen LogP contribution >= 0.6 is 23.4 Å². The molecule has 2 heterocycles. The summed E-state index contributed by atoms with van der Waals surface area (Å²) in [6, 6.07) is 11.4. The number of nitrogens with zero attached hydrogens (tertiary/aromatic N) is 2. The number of carbonyl (C=O) groups is 1. The van der Waals surface area contributed by atoms with Crippen LogP contribution < -0.4 is 5.32 Å². The molecule has 28 heavy (non-hydrogen) atoms. The van der Waals surface area contributed by atoms with Gasteiger partial charge in [0, 0.05) is 21.8 Å². The number of hydrogen-bond donors (Lipinski definition) is 1. The fraction of sp³-hybridized carbons (Fsp3) is 0.286. The maximum Gasteiger partial charge on any atom is 0.230 e. The summed E-state index contributed by atoms with van der Waals surface area (Å²) in [7, 11) is 0. The first-order valence-electron chi connectivity index (χ1n) is 9.26. The van der Waals surface area contributed by atoms with Gasteiger partial charge in [0.2, 0.25) is 5.91 Å². The van der Waals surface area contributed by atoms with Crippen LogP contribution in [-0.2, 0) is 24.2 Å². The molecule has 0 bridgehead atoms. The molecule has 144 valence electrons. The van der Waals surface area contributed by atoms with Crippen LogP contribution in [0.1, 0.15) is 29.9 Å². The molecule has 1 aliphatic carbocycles. The quantitative estimate of drug-likeness (QED) is 0.469. The zero-order valence-corrected chi connectivity index (χ0v) is 16.9. The molecular weight excluding hydrogens is 394 g/mol. The maximum atomic E-state index is 12.1. The number of amides is 1. The number of hydrogen-bond acceptors (Lipinski definition) is 5. The maximum absolute atomic E-state index is 12.1. The Balaban J connectivity index is 1.50. The molecule has 0 saturated heterocycles. The van der Waals surface area contributed by atoms with Gasteiger partial charge < -0.3 is 9.73 Å². The molecule has 0 atom stereocenters. The summed E-state index contributed by atoms with van der Waals surface area (Å²) in [5, 5.41) is 4.19. The minimum Gasteiger partial charge on any atom is -0.467 e. The summed E-state index contributed by atoms with van der Waals surface area (Å²) < 4.78 is 5.23. The van der Waals surface area contributed by atoms with Gasteiger partial charge in [-0.05, 0) is 49.9 Å². The van der Waals surface area contributed by atoms with Gasteiger partial charge >= 0.3 is 0 Å². The van der Waals surface area contributed by atoms with Crippen LogP contribution in [0.25, 0.3) is 11.3 Å². The number of thioether (sulfide) groups is 1. The highest BCUT2D eigenvalue weighted by Crippen LogP contribution is 2.31. The molecule has 7 heteroatoms. The lowest BCUT2D eigenvalue weighted by Crippen LogP contribution is -2.24. The van der Waals surface area contributed by atoms with Crippen LogP contribution in [0.2, 0.25) is 5.02 Å². The molecule has 0 spiro atoms. The van der Waals surface area contributed by atoms with E-state index in [-0.39, 0.29) is 11.7 Å². The van der Waals surface area contributed by atoms with Crippen LogP contribution in [0.4, 0.5) is 0 Å². The minimum absolute atomic E-state index is 0.0734. The van der Waals surface area contributed by atoms with Gasteiger partial charge in [0.05, 0.1) is 24.3 Å². The lowest BCUT2D eigenvalue weighted by atomic mass is 9.92. The highest BCUT2D eigenvalue weighted by Gasteiger charge is 2.19. The van der Waals surface area contributed by atoms with Crippen molar-refractivity contribution >= 4 is 29.3 Å². The van der Waals surface area contributed by atoms with E-state index in [1.165, 1.54) is 17.3 Å². The second-order valence-electron chi connectivity index (χ2n) is 6.64. The third-order valence-corrected chi connectivity index (χ3v) is 5.75. The number of benzene rings is 1. The van der Waals surface area contributed by atoms with Gasteiger partial charge in [-0.1, -0.05) is 35.5 Å². The van der Waals surface area contributed by atoms with Crippen molar-refractivity contribution in [1.82, 2.24) is 15.3 Å². The van der Waals surface area contributed by atoms with Gasteiger partial charge in [-0.2, -0.15) is 0 Å². The van der Waals surface area contributed by atoms with Crippen molar-refractivity contribution in [2.75, 3.05) is 5.75 Å². The first-order chi connectivity index (χ1) is 13.7. The molecule has 0 fully saturated rings. The van der Waals surface area contributed by atoms with Crippen LogP contribution in [0, 0.1) is 0 Å². The van der Waals surface area contributed by atoms with Gasteiger partial charge in [-0.15, -0.1) is 0 Å². The van der Waals surface area contributed by atoms with Crippen molar-refractivity contribution < 1.29 is 9.21 Å². The molecule has 0 aliphatic heterocycles. The van der Waals surface area contributed by atoms with Crippen LogP contribution in [-0.4, -0.2) is 21.6 Å². The minimum atomic E-state index is -0.0734. The lowest BCUT2D eigenvalue weighted by Gasteiger charge is -2.19. The number of aryl methyl sites for hydroxylation is 1. The van der Waals surface area contributed by atoms with E-state index in [0.717, 1.165) is 48.4 Å². The van der Waals surface area contributed by atoms with Gasteiger partial charge in [0.25, 0.3) is 0 Å². The summed E-state index contributed by atoms with van der Waals surface area (Å²) in [5.41, 5.74) is 4.32. The van der Waals surface area contributed by atoms with Crippen LogP contribution in [0.15, 0.2) is 52.2 Å². The van der Waals surface area contributed by atoms with Crippen molar-refractivity contribution in [3.8, 4) is 11.3 Å². The fourth-order valence-electron chi connectivity index (χ4n) is 3.26. The molecule has 3 aromatic rings. The molecule has 0 radical (unpaired) electrons. The molecule has 2 aromatic heterocycles. The van der Waals surface area contributed by atoms with E-state index in [2.05, 4.69) is 5.32 Å². The summed E-state index contributed by atoms with van der Waals surface area (Å²) in [5.74, 6) is 0.920. The van der Waals surface area contributed by atoms with Crippen molar-refractivity contribution in [3.05, 3.63) is 64.7 Å². The van der Waals surface area contributed by atoms with Gasteiger partial charge in [-0.3, -0.25) is 4.79 Å². The number of rotatable bonds is 6. The van der Waals surface area contributed by atoms with Gasteiger partial charge in [0.1, 0.15) is 5.76 Å². The van der Waals surface area contributed by atoms with Gasteiger partial charge in [0.15, 0.2) is 5.16 Å². The average molecular weight is 414 g/mol. The Bertz CT molecular complexity index is 959. The van der Waals surface area contributed by atoms with Crippen LogP contribution in [0.3, 0.4) is 0 Å². The second-order valence-corrected chi connectivity index (χ2v) is 8.02. The fourth-order valence-corrected chi connectivity index (χ4v) is 4.08. The summed E-state index contributed by atoms with van der Waals surface area (Å²) in [6.45, 7) is 0.382. The van der Waals surface area contributed by atoms with E-state index in [1.807, 2.05) is 30.3 Å². The van der Waals surface area contributed by atoms with Crippen molar-refractivity contribution in [1.29, 1.82) is 0 Å². The Hall–Kier alpha value is -2.31. The van der Waals surface area contributed by atoms with E-state index in [0.29, 0.717) is 16.7 Å². The standard InChI is InChI=1S/C21H20ClN3O2S/c22-15-9-7-14(8-10-15)20-17-5-1-2-6-18(17)24-21(25-20)28-13-19(26)23-12-16-4-3-11-27-16/h3-4,7-11H,1-2,5-6,12-13H2,(H,23,26). The smallest absolute Gasteiger partial charge is 0.230 e. The third-order valence-electron chi connectivity index (χ3n) is 4.65. The highest BCUT2D eigenvalue weighted by atomic mass is 35.5. The molecule has 4 rings (SSSR count). The average Bonchev–Trinajstić information content (AvgIpc) is 3.24. The Morgan fingerprint density at radius 2 is 1.96 bits per heavy atom. The van der Waals surface area contributed by atoms with E-state index in [1.54, 1.807) is 12.3 Å². The molecule has 1 aliphatic rings. The first kappa shape index (κ1) is 19.0. The molecular formula is C21H20ClN3O2S. The van der Waals surface area contributed by atoms with Crippen molar-refractivity contribution in [2.45, 2.75) is 37.4 Å². The lowest BCUT2D eigenvalue weighted by molar-refractivity contribution is -0.118. The number of aromatic nitrogens is 2. The Morgan fingerprint density at radius 1 is 1.14 bits per heavy atom. The summed E-state index contributed by atoms with van der Waals surface area (Å²) >= 11 is 7.40.